The van der Waals surface area contributed by atoms with Crippen LogP contribution in [-0.4, -0.2) is 19.3 Å². The third-order valence-corrected chi connectivity index (χ3v) is 3.90. The number of rotatable bonds is 4. The highest BCUT2D eigenvalue weighted by atomic mass is 16.5. The lowest BCUT2D eigenvalue weighted by Gasteiger charge is -2.13. The Bertz CT molecular complexity index is 756. The van der Waals surface area contributed by atoms with E-state index in [9.17, 15) is 5.11 Å². The van der Waals surface area contributed by atoms with Crippen LogP contribution in [0.25, 0.3) is 5.70 Å². The van der Waals surface area contributed by atoms with Gasteiger partial charge in [0.15, 0.2) is 11.5 Å². The zero-order chi connectivity index (χ0) is 16.4. The van der Waals surface area contributed by atoms with Crippen LogP contribution in [0.5, 0.6) is 17.2 Å². The first kappa shape index (κ1) is 15.2. The molecule has 0 aliphatic carbocycles. The molecule has 1 atom stereocenters. The van der Waals surface area contributed by atoms with E-state index in [4.69, 9.17) is 9.47 Å². The predicted octanol–water partition coefficient (Wildman–Crippen LogP) is 2.91. The average Bonchev–Trinajstić information content (AvgIpc) is 3.06. The fourth-order valence-corrected chi connectivity index (χ4v) is 2.65. The third-order valence-electron chi connectivity index (χ3n) is 3.90. The minimum Gasteiger partial charge on any atom is -0.507 e. The van der Waals surface area contributed by atoms with E-state index in [2.05, 4.69) is 10.9 Å². The van der Waals surface area contributed by atoms with Crippen molar-refractivity contribution in [2.75, 3.05) is 14.2 Å². The van der Waals surface area contributed by atoms with Gasteiger partial charge in [-0.1, -0.05) is 17.7 Å². The van der Waals surface area contributed by atoms with Crippen LogP contribution >= 0.6 is 0 Å². The number of nitrogens with one attached hydrogen (secondary N) is 2. The Labute approximate surface area is 135 Å². The molecule has 1 heterocycles. The Balaban J connectivity index is 1.92. The zero-order valence-corrected chi connectivity index (χ0v) is 13.4. The number of phenolic OH excluding ortho intramolecular Hbond substituents is 1. The molecule has 23 heavy (non-hydrogen) atoms. The van der Waals surface area contributed by atoms with Crippen molar-refractivity contribution in [3.05, 3.63) is 59.2 Å². The second-order valence-corrected chi connectivity index (χ2v) is 5.46. The third kappa shape index (κ3) is 2.96. The first-order valence-corrected chi connectivity index (χ1v) is 7.37. The van der Waals surface area contributed by atoms with Gasteiger partial charge < -0.3 is 20.0 Å². The van der Waals surface area contributed by atoms with Crippen molar-refractivity contribution < 1.29 is 14.6 Å². The van der Waals surface area contributed by atoms with Gasteiger partial charge >= 0.3 is 0 Å². The number of benzene rings is 2. The molecule has 0 saturated heterocycles. The molecule has 5 nitrogen and oxygen atoms in total. The van der Waals surface area contributed by atoms with Gasteiger partial charge in [-0.3, -0.25) is 0 Å². The molecule has 120 valence electrons. The average molecular weight is 312 g/mol. The van der Waals surface area contributed by atoms with Crippen LogP contribution in [0.3, 0.4) is 0 Å². The Kier molecular flexibility index (Phi) is 4.12. The summed E-state index contributed by atoms with van der Waals surface area (Å²) in [6.07, 6.45) is 2.04. The molecule has 5 heteroatoms. The van der Waals surface area contributed by atoms with Crippen LogP contribution in [0.1, 0.15) is 22.7 Å². The van der Waals surface area contributed by atoms with E-state index >= 15 is 0 Å². The van der Waals surface area contributed by atoms with Gasteiger partial charge in [-0.15, -0.1) is 0 Å². The number of aryl methyl sites for hydroxylation is 1. The number of hydrazine groups is 1. The lowest BCUT2D eigenvalue weighted by Crippen LogP contribution is -2.26. The van der Waals surface area contributed by atoms with E-state index < -0.39 is 0 Å². The summed E-state index contributed by atoms with van der Waals surface area (Å²) in [6.45, 7) is 2.00. The molecule has 0 saturated carbocycles. The molecular formula is C18H20N2O3. The minimum atomic E-state index is -0.0234. The van der Waals surface area contributed by atoms with Gasteiger partial charge in [0, 0.05) is 5.56 Å². The Morgan fingerprint density at radius 2 is 1.78 bits per heavy atom. The van der Waals surface area contributed by atoms with Crippen molar-refractivity contribution in [2.24, 2.45) is 0 Å². The molecular weight excluding hydrogens is 292 g/mol. The van der Waals surface area contributed by atoms with Crippen LogP contribution in [-0.2, 0) is 0 Å². The van der Waals surface area contributed by atoms with E-state index in [1.807, 2.05) is 43.3 Å². The van der Waals surface area contributed by atoms with Crippen LogP contribution < -0.4 is 20.3 Å². The molecule has 0 bridgehead atoms. The molecule has 0 radical (unpaired) electrons. The number of hydrogen-bond acceptors (Lipinski definition) is 5. The largest absolute Gasteiger partial charge is 0.507 e. The lowest BCUT2D eigenvalue weighted by atomic mass is 10.0. The van der Waals surface area contributed by atoms with Crippen molar-refractivity contribution >= 4 is 5.70 Å². The molecule has 2 aromatic carbocycles. The molecule has 0 amide bonds. The predicted molar refractivity (Wildman–Crippen MR) is 89.4 cm³/mol. The summed E-state index contributed by atoms with van der Waals surface area (Å²) in [6, 6.07) is 11.3. The van der Waals surface area contributed by atoms with Gasteiger partial charge in [0.2, 0.25) is 0 Å². The van der Waals surface area contributed by atoms with Crippen molar-refractivity contribution in [1.29, 1.82) is 0 Å². The van der Waals surface area contributed by atoms with E-state index in [1.54, 1.807) is 20.3 Å². The first-order chi connectivity index (χ1) is 11.1. The van der Waals surface area contributed by atoms with Gasteiger partial charge in [0.05, 0.1) is 26.0 Å². The van der Waals surface area contributed by atoms with Gasteiger partial charge in [-0.2, -0.15) is 0 Å². The lowest BCUT2D eigenvalue weighted by molar-refractivity contribution is 0.354. The van der Waals surface area contributed by atoms with Crippen LogP contribution in [0, 0.1) is 6.92 Å². The molecule has 0 spiro atoms. The van der Waals surface area contributed by atoms with Crippen LogP contribution in [0.15, 0.2) is 42.5 Å². The maximum Gasteiger partial charge on any atom is 0.161 e. The Morgan fingerprint density at radius 1 is 1.00 bits per heavy atom. The summed E-state index contributed by atoms with van der Waals surface area (Å²) in [5.74, 6) is 1.64. The number of aromatic hydroxyl groups is 1. The summed E-state index contributed by atoms with van der Waals surface area (Å²) < 4.78 is 10.6. The molecule has 2 aromatic rings. The maximum absolute atomic E-state index is 10.1. The quantitative estimate of drug-likeness (QED) is 0.810. The SMILES string of the molecule is COc1ccc(C2C=C(c3cc(C)ccc3O)NN2)cc1OC. The second kappa shape index (κ2) is 6.22. The minimum absolute atomic E-state index is 0.0234. The van der Waals surface area contributed by atoms with Gasteiger partial charge in [-0.05, 0) is 42.8 Å². The summed E-state index contributed by atoms with van der Waals surface area (Å²) in [7, 11) is 3.24. The van der Waals surface area contributed by atoms with Crippen molar-refractivity contribution in [3.63, 3.8) is 0 Å². The van der Waals surface area contributed by atoms with Gasteiger partial charge in [-0.25, -0.2) is 5.43 Å². The van der Waals surface area contributed by atoms with Gasteiger partial charge in [0.1, 0.15) is 5.75 Å². The number of hydrogen-bond donors (Lipinski definition) is 3. The molecule has 3 N–H and O–H groups in total. The Hall–Kier alpha value is -2.66. The Morgan fingerprint density at radius 3 is 2.52 bits per heavy atom. The fourth-order valence-electron chi connectivity index (χ4n) is 2.65. The van der Waals surface area contributed by atoms with Crippen LogP contribution in [0.2, 0.25) is 0 Å². The highest BCUT2D eigenvalue weighted by molar-refractivity contribution is 5.71. The first-order valence-electron chi connectivity index (χ1n) is 7.37. The van der Waals surface area contributed by atoms with E-state index in [1.165, 1.54) is 0 Å². The molecule has 0 aromatic heterocycles. The molecule has 1 aliphatic rings. The monoisotopic (exact) mass is 312 g/mol. The zero-order valence-electron chi connectivity index (χ0n) is 13.4. The smallest absolute Gasteiger partial charge is 0.161 e. The van der Waals surface area contributed by atoms with E-state index in [0.717, 1.165) is 22.4 Å². The highest BCUT2D eigenvalue weighted by Gasteiger charge is 2.20. The maximum atomic E-state index is 10.1. The summed E-state index contributed by atoms with van der Waals surface area (Å²) >= 11 is 0. The summed E-state index contributed by atoms with van der Waals surface area (Å²) in [4.78, 5) is 0. The second-order valence-electron chi connectivity index (χ2n) is 5.46. The van der Waals surface area contributed by atoms with E-state index in [0.29, 0.717) is 11.5 Å². The molecule has 0 fully saturated rings. The molecule has 1 aliphatic heterocycles. The molecule has 3 rings (SSSR count). The van der Waals surface area contributed by atoms with Crippen molar-refractivity contribution in [2.45, 2.75) is 13.0 Å². The summed E-state index contributed by atoms with van der Waals surface area (Å²) in [5.41, 5.74) is 10.1. The van der Waals surface area contributed by atoms with E-state index in [-0.39, 0.29) is 11.8 Å². The number of phenols is 1. The normalized spacial score (nSPS) is 16.7. The molecule has 1 unspecified atom stereocenters. The topological polar surface area (TPSA) is 62.8 Å². The number of methoxy groups -OCH3 is 2. The van der Waals surface area contributed by atoms with Crippen LogP contribution in [0.4, 0.5) is 0 Å². The highest BCUT2D eigenvalue weighted by Crippen LogP contribution is 2.34. The summed E-state index contributed by atoms with van der Waals surface area (Å²) in [5, 5.41) is 10.1. The fraction of sp³-hybridized carbons (Fsp3) is 0.222. The number of ether oxygens (including phenoxy) is 2. The van der Waals surface area contributed by atoms with Gasteiger partial charge in [0.25, 0.3) is 0 Å². The standard InChI is InChI=1S/C18H20N2O3/c1-11-4-6-16(21)13(8-11)15-10-14(19-20-15)12-5-7-17(22-2)18(9-12)23-3/h4-10,14,19-21H,1-3H3. The van der Waals surface area contributed by atoms with Crippen molar-refractivity contribution in [1.82, 2.24) is 10.9 Å². The van der Waals surface area contributed by atoms with Crippen molar-refractivity contribution in [3.8, 4) is 17.2 Å².